The van der Waals surface area contributed by atoms with E-state index in [0.29, 0.717) is 11.2 Å². The van der Waals surface area contributed by atoms with E-state index in [1.807, 2.05) is 13.1 Å². The van der Waals surface area contributed by atoms with Crippen molar-refractivity contribution < 1.29 is 8.83 Å². The van der Waals surface area contributed by atoms with Gasteiger partial charge in [-0.2, -0.15) is 0 Å². The van der Waals surface area contributed by atoms with Gasteiger partial charge in [0.25, 0.3) is 0 Å². The van der Waals surface area contributed by atoms with Crippen LogP contribution in [0.15, 0.2) is 32.2 Å². The average Bonchev–Trinajstić information content (AvgIpc) is 2.74. The van der Waals surface area contributed by atoms with Crippen LogP contribution in [0.4, 0.5) is 0 Å². The molecule has 0 aliphatic heterocycles. The quantitative estimate of drug-likeness (QED) is 0.917. The van der Waals surface area contributed by atoms with Gasteiger partial charge in [0.2, 0.25) is 0 Å². The second-order valence-corrected chi connectivity index (χ2v) is 3.49. The molecule has 0 unspecified atom stereocenters. The Hall–Kier alpha value is -1.07. The van der Waals surface area contributed by atoms with Gasteiger partial charge in [-0.1, -0.05) is 0 Å². The summed E-state index contributed by atoms with van der Waals surface area (Å²) >= 11 is 3.30. The molecule has 2 aromatic rings. The molecule has 0 atom stereocenters. The number of halogens is 1. The van der Waals surface area contributed by atoms with E-state index < -0.39 is 0 Å². The van der Waals surface area contributed by atoms with E-state index in [0.717, 1.165) is 17.0 Å². The van der Waals surface area contributed by atoms with Crippen LogP contribution in [0.25, 0.3) is 11.3 Å². The van der Waals surface area contributed by atoms with E-state index in [4.69, 9.17) is 8.83 Å². The summed E-state index contributed by atoms with van der Waals surface area (Å²) in [6.45, 7) is 0.670. The smallest absolute Gasteiger partial charge is 0.181 e. The van der Waals surface area contributed by atoms with Crippen molar-refractivity contribution in [2.24, 2.45) is 0 Å². The van der Waals surface area contributed by atoms with Gasteiger partial charge >= 0.3 is 0 Å². The van der Waals surface area contributed by atoms with E-state index in [-0.39, 0.29) is 0 Å². The molecule has 2 rings (SSSR count). The van der Waals surface area contributed by atoms with Gasteiger partial charge in [0.1, 0.15) is 5.69 Å². The molecule has 0 radical (unpaired) electrons. The lowest BCUT2D eigenvalue weighted by atomic mass is 10.2. The molecule has 2 heterocycles. The Labute approximate surface area is 89.4 Å². The summed E-state index contributed by atoms with van der Waals surface area (Å²) in [5.74, 6) is 0.736. The maximum absolute atomic E-state index is 5.30. The fraction of sp³-hybridized carbons (Fsp3) is 0.222. The minimum atomic E-state index is 0.659. The van der Waals surface area contributed by atoms with Crippen molar-refractivity contribution in [2.75, 3.05) is 7.05 Å². The van der Waals surface area contributed by atoms with Crippen LogP contribution in [-0.2, 0) is 6.54 Å². The van der Waals surface area contributed by atoms with Gasteiger partial charge in [-0.3, -0.25) is 0 Å². The number of aromatic nitrogens is 1. The molecule has 0 aliphatic rings. The number of nitrogens with one attached hydrogen (secondary N) is 1. The lowest BCUT2D eigenvalue weighted by Gasteiger charge is -1.97. The van der Waals surface area contributed by atoms with Crippen LogP contribution in [0, 0.1) is 0 Å². The van der Waals surface area contributed by atoms with Crippen molar-refractivity contribution in [3.63, 3.8) is 0 Å². The maximum atomic E-state index is 5.30. The predicted molar refractivity (Wildman–Crippen MR) is 54.7 cm³/mol. The number of furan rings is 1. The number of rotatable bonds is 3. The van der Waals surface area contributed by atoms with Gasteiger partial charge < -0.3 is 14.2 Å². The van der Waals surface area contributed by atoms with Crippen LogP contribution in [0.5, 0.6) is 0 Å². The zero-order valence-electron chi connectivity index (χ0n) is 7.58. The molecule has 0 aliphatic carbocycles. The van der Waals surface area contributed by atoms with Crippen LogP contribution in [0.2, 0.25) is 0 Å². The molecule has 5 heteroatoms. The number of hydrogen-bond acceptors (Lipinski definition) is 4. The number of nitrogens with zero attached hydrogens (tertiary/aromatic N) is 1. The highest BCUT2D eigenvalue weighted by molar-refractivity contribution is 9.10. The van der Waals surface area contributed by atoms with Gasteiger partial charge in [0, 0.05) is 6.54 Å². The van der Waals surface area contributed by atoms with Crippen molar-refractivity contribution in [3.8, 4) is 11.3 Å². The largest absolute Gasteiger partial charge is 0.457 e. The number of oxazole rings is 1. The predicted octanol–water partition coefficient (Wildman–Crippen LogP) is 2.42. The molecule has 0 fully saturated rings. The molecule has 0 amide bonds. The highest BCUT2D eigenvalue weighted by Crippen LogP contribution is 2.31. The second-order valence-electron chi connectivity index (χ2n) is 2.77. The summed E-state index contributed by atoms with van der Waals surface area (Å²) in [7, 11) is 1.86. The van der Waals surface area contributed by atoms with Crippen molar-refractivity contribution in [1.29, 1.82) is 0 Å². The molecule has 0 saturated heterocycles. The van der Waals surface area contributed by atoms with E-state index in [1.54, 1.807) is 6.26 Å². The van der Waals surface area contributed by atoms with Crippen LogP contribution in [0.1, 0.15) is 5.69 Å². The van der Waals surface area contributed by atoms with Gasteiger partial charge in [-0.05, 0) is 29.0 Å². The van der Waals surface area contributed by atoms with Crippen LogP contribution < -0.4 is 5.32 Å². The zero-order valence-corrected chi connectivity index (χ0v) is 9.17. The van der Waals surface area contributed by atoms with E-state index >= 15 is 0 Å². The van der Waals surface area contributed by atoms with E-state index in [9.17, 15) is 0 Å². The van der Waals surface area contributed by atoms with Crippen molar-refractivity contribution in [2.45, 2.75) is 6.54 Å². The van der Waals surface area contributed by atoms with Crippen LogP contribution in [0.3, 0.4) is 0 Å². The summed E-state index contributed by atoms with van der Waals surface area (Å²) in [6.07, 6.45) is 3.03. The summed E-state index contributed by atoms with van der Waals surface area (Å²) in [4.78, 5) is 4.11. The summed E-state index contributed by atoms with van der Waals surface area (Å²) in [5, 5.41) is 3.02. The Morgan fingerprint density at radius 2 is 2.36 bits per heavy atom. The molecule has 0 saturated carbocycles. The first-order chi connectivity index (χ1) is 6.83. The third-order valence-corrected chi connectivity index (χ3v) is 2.46. The summed E-state index contributed by atoms with van der Waals surface area (Å²) < 4.78 is 11.1. The Bertz CT molecular complexity index is 422. The maximum Gasteiger partial charge on any atom is 0.181 e. The monoisotopic (exact) mass is 256 g/mol. The second kappa shape index (κ2) is 3.98. The molecular weight excluding hydrogens is 248 g/mol. The Morgan fingerprint density at radius 1 is 1.50 bits per heavy atom. The Morgan fingerprint density at radius 3 is 3.00 bits per heavy atom. The average molecular weight is 257 g/mol. The minimum Gasteiger partial charge on any atom is -0.457 e. The van der Waals surface area contributed by atoms with Crippen LogP contribution >= 0.6 is 15.9 Å². The molecule has 4 nitrogen and oxygen atoms in total. The molecule has 2 aromatic heterocycles. The van der Waals surface area contributed by atoms with Gasteiger partial charge in [-0.25, -0.2) is 4.98 Å². The van der Waals surface area contributed by atoms with E-state index in [1.165, 1.54) is 6.39 Å². The third-order valence-electron chi connectivity index (χ3n) is 1.85. The zero-order chi connectivity index (χ0) is 9.97. The van der Waals surface area contributed by atoms with Crippen molar-refractivity contribution >= 4 is 15.9 Å². The van der Waals surface area contributed by atoms with Gasteiger partial charge in [-0.15, -0.1) is 0 Å². The SMILES string of the molecule is CNCc1ncoc1-c1ccoc1Br. The van der Waals surface area contributed by atoms with Gasteiger partial charge in [0.15, 0.2) is 16.8 Å². The van der Waals surface area contributed by atoms with E-state index in [2.05, 4.69) is 26.2 Å². The number of hydrogen-bond donors (Lipinski definition) is 1. The first-order valence-electron chi connectivity index (χ1n) is 4.13. The lowest BCUT2D eigenvalue weighted by molar-refractivity contribution is 0.535. The van der Waals surface area contributed by atoms with Crippen LogP contribution in [-0.4, -0.2) is 12.0 Å². The van der Waals surface area contributed by atoms with Crippen molar-refractivity contribution in [1.82, 2.24) is 10.3 Å². The first kappa shape index (κ1) is 9.48. The molecule has 74 valence electrons. The Kier molecular flexibility index (Phi) is 2.69. The molecule has 0 spiro atoms. The molecular formula is C9H9BrN2O2. The highest BCUT2D eigenvalue weighted by atomic mass is 79.9. The first-order valence-corrected chi connectivity index (χ1v) is 4.92. The fourth-order valence-corrected chi connectivity index (χ4v) is 1.66. The molecule has 1 N–H and O–H groups in total. The molecule has 0 aromatic carbocycles. The standard InChI is InChI=1S/C9H9BrN2O2/c1-11-4-7-8(14-5-12-7)6-2-3-13-9(6)10/h2-3,5,11H,4H2,1H3. The molecule has 14 heavy (non-hydrogen) atoms. The fourth-order valence-electron chi connectivity index (χ4n) is 1.24. The Balaban J connectivity index is 2.41. The highest BCUT2D eigenvalue weighted by Gasteiger charge is 2.14. The third kappa shape index (κ3) is 1.60. The summed E-state index contributed by atoms with van der Waals surface area (Å²) in [6, 6.07) is 1.84. The summed E-state index contributed by atoms with van der Waals surface area (Å²) in [5.41, 5.74) is 1.75. The van der Waals surface area contributed by atoms with Crippen molar-refractivity contribution in [3.05, 3.63) is 29.1 Å². The topological polar surface area (TPSA) is 51.2 Å². The lowest BCUT2D eigenvalue weighted by Crippen LogP contribution is -2.06. The molecule has 0 bridgehead atoms. The normalized spacial score (nSPS) is 10.7. The minimum absolute atomic E-state index is 0.659. The van der Waals surface area contributed by atoms with Gasteiger partial charge in [0.05, 0.1) is 11.8 Å².